The van der Waals surface area contributed by atoms with Gasteiger partial charge in [0, 0.05) is 11.9 Å². The highest BCUT2D eigenvalue weighted by Crippen LogP contribution is 2.27. The van der Waals surface area contributed by atoms with Gasteiger partial charge in [-0.25, -0.2) is 0 Å². The molecule has 2 amide bonds. The highest BCUT2D eigenvalue weighted by molar-refractivity contribution is 6.06. The van der Waals surface area contributed by atoms with Gasteiger partial charge >= 0.3 is 0 Å². The second kappa shape index (κ2) is 8.08. The quantitative estimate of drug-likeness (QED) is 0.718. The molecule has 7 heteroatoms. The number of carbonyl (C=O) groups excluding carboxylic acids is 2. The van der Waals surface area contributed by atoms with E-state index in [4.69, 9.17) is 5.73 Å². The van der Waals surface area contributed by atoms with Crippen LogP contribution in [0.2, 0.25) is 0 Å². The molecule has 1 heterocycles. The van der Waals surface area contributed by atoms with E-state index in [0.717, 1.165) is 36.6 Å². The summed E-state index contributed by atoms with van der Waals surface area (Å²) >= 11 is 0. The van der Waals surface area contributed by atoms with Crippen molar-refractivity contribution in [3.05, 3.63) is 30.0 Å². The highest BCUT2D eigenvalue weighted by atomic mass is 16.3. The third-order valence-electron chi connectivity index (χ3n) is 5.32. The molecular weight excluding hydrogens is 344 g/mol. The Morgan fingerprint density at radius 2 is 2.07 bits per heavy atom. The van der Waals surface area contributed by atoms with Crippen LogP contribution >= 0.6 is 0 Å². The second-order valence-electron chi connectivity index (χ2n) is 7.83. The molecule has 0 saturated heterocycles. The number of carbonyl (C=O) groups is 2. The zero-order chi connectivity index (χ0) is 19.6. The van der Waals surface area contributed by atoms with Crippen LogP contribution in [0.5, 0.6) is 0 Å². The Kier molecular flexibility index (Phi) is 5.79. The van der Waals surface area contributed by atoms with Gasteiger partial charge in [-0.1, -0.05) is 38.5 Å². The minimum atomic E-state index is -0.741. The van der Waals surface area contributed by atoms with Crippen LogP contribution in [0.3, 0.4) is 0 Å². The van der Waals surface area contributed by atoms with E-state index in [1.165, 1.54) is 0 Å². The van der Waals surface area contributed by atoms with Crippen molar-refractivity contribution in [1.82, 2.24) is 15.1 Å². The van der Waals surface area contributed by atoms with Crippen molar-refractivity contribution in [2.45, 2.75) is 58.2 Å². The summed E-state index contributed by atoms with van der Waals surface area (Å²) in [5, 5.41) is 17.9. The molecule has 3 rings (SSSR count). The van der Waals surface area contributed by atoms with Gasteiger partial charge in [-0.15, -0.1) is 0 Å². The second-order valence-corrected chi connectivity index (χ2v) is 7.83. The van der Waals surface area contributed by atoms with E-state index < -0.39 is 17.9 Å². The fourth-order valence-corrected chi connectivity index (χ4v) is 3.88. The topological polar surface area (TPSA) is 110 Å². The summed E-state index contributed by atoms with van der Waals surface area (Å²) < 4.78 is 1.85. The summed E-state index contributed by atoms with van der Waals surface area (Å²) in [6.07, 6.45) is 3.41. The molecule has 4 N–H and O–H groups in total. The van der Waals surface area contributed by atoms with Crippen molar-refractivity contribution in [1.29, 1.82) is 0 Å². The Hall–Kier alpha value is -2.41. The maximum atomic E-state index is 12.8. The van der Waals surface area contributed by atoms with Crippen molar-refractivity contribution < 1.29 is 14.7 Å². The van der Waals surface area contributed by atoms with Crippen molar-refractivity contribution >= 4 is 22.7 Å². The molecule has 1 aromatic carbocycles. The van der Waals surface area contributed by atoms with Gasteiger partial charge in [-0.3, -0.25) is 14.3 Å². The van der Waals surface area contributed by atoms with Crippen LogP contribution in [0.25, 0.3) is 10.9 Å². The van der Waals surface area contributed by atoms with Gasteiger partial charge in [0.2, 0.25) is 5.91 Å². The lowest BCUT2D eigenvalue weighted by atomic mass is 9.87. The van der Waals surface area contributed by atoms with Crippen molar-refractivity contribution in [3.63, 3.8) is 0 Å². The Morgan fingerprint density at radius 1 is 1.33 bits per heavy atom. The zero-order valence-corrected chi connectivity index (χ0v) is 15.9. The van der Waals surface area contributed by atoms with E-state index in [1.54, 1.807) is 0 Å². The smallest absolute Gasteiger partial charge is 0.273 e. The molecule has 0 aliphatic heterocycles. The van der Waals surface area contributed by atoms with E-state index in [1.807, 2.05) is 42.8 Å². The first-order valence-electron chi connectivity index (χ1n) is 9.60. The normalized spacial score (nSPS) is 21.3. The number of benzene rings is 1. The molecule has 0 spiro atoms. The first-order chi connectivity index (χ1) is 12.9. The summed E-state index contributed by atoms with van der Waals surface area (Å²) in [6, 6.07) is 6.83. The van der Waals surface area contributed by atoms with Crippen LogP contribution in [0.4, 0.5) is 0 Å². The Labute approximate surface area is 158 Å². The fourth-order valence-electron chi connectivity index (χ4n) is 3.88. The molecule has 1 aliphatic carbocycles. The number of primary amides is 1. The number of aliphatic hydroxyl groups is 1. The molecule has 7 nitrogen and oxygen atoms in total. The maximum Gasteiger partial charge on any atom is 0.273 e. The van der Waals surface area contributed by atoms with Crippen molar-refractivity contribution in [3.8, 4) is 0 Å². The van der Waals surface area contributed by atoms with Gasteiger partial charge in [0.1, 0.15) is 6.04 Å². The molecule has 3 atom stereocenters. The molecule has 1 fully saturated rings. The Balaban J connectivity index is 1.87. The van der Waals surface area contributed by atoms with Crippen molar-refractivity contribution in [2.75, 3.05) is 0 Å². The summed E-state index contributed by atoms with van der Waals surface area (Å²) in [7, 11) is 0. The molecule has 1 saturated carbocycles. The number of aliphatic hydroxyl groups excluding tert-OH is 1. The van der Waals surface area contributed by atoms with Crippen molar-refractivity contribution in [2.24, 2.45) is 17.6 Å². The molecule has 146 valence electrons. The summed E-state index contributed by atoms with van der Waals surface area (Å²) in [6.45, 7) is 4.33. The first-order valence-corrected chi connectivity index (χ1v) is 9.60. The Bertz CT molecular complexity index is 830. The molecule has 0 radical (unpaired) electrons. The van der Waals surface area contributed by atoms with E-state index in [2.05, 4.69) is 10.4 Å². The summed E-state index contributed by atoms with van der Waals surface area (Å²) in [5.41, 5.74) is 6.59. The van der Waals surface area contributed by atoms with E-state index in [9.17, 15) is 14.7 Å². The molecule has 2 unspecified atom stereocenters. The minimum absolute atomic E-state index is 0.108. The number of para-hydroxylation sites is 1. The minimum Gasteiger partial charge on any atom is -0.393 e. The molecule has 27 heavy (non-hydrogen) atoms. The van der Waals surface area contributed by atoms with Crippen LogP contribution in [-0.4, -0.2) is 38.8 Å². The van der Waals surface area contributed by atoms with Crippen LogP contribution < -0.4 is 11.1 Å². The number of aromatic nitrogens is 2. The third kappa shape index (κ3) is 4.30. The average Bonchev–Trinajstić information content (AvgIpc) is 2.98. The van der Waals surface area contributed by atoms with E-state index in [0.29, 0.717) is 18.2 Å². The lowest BCUT2D eigenvalue weighted by Crippen LogP contribution is -2.47. The molecule has 2 aromatic rings. The van der Waals surface area contributed by atoms with Gasteiger partial charge in [0.25, 0.3) is 5.91 Å². The predicted molar refractivity (Wildman–Crippen MR) is 103 cm³/mol. The predicted octanol–water partition coefficient (Wildman–Crippen LogP) is 1.83. The lowest BCUT2D eigenvalue weighted by Gasteiger charge is -2.25. The van der Waals surface area contributed by atoms with Crippen LogP contribution in [0.1, 0.15) is 50.0 Å². The van der Waals surface area contributed by atoms with Gasteiger partial charge in [0.15, 0.2) is 5.69 Å². The average molecular weight is 372 g/mol. The number of amides is 2. The number of nitrogens with zero attached hydrogens (tertiary/aromatic N) is 2. The fraction of sp³-hybridized carbons (Fsp3) is 0.550. The van der Waals surface area contributed by atoms with Gasteiger partial charge in [0.05, 0.1) is 11.6 Å². The van der Waals surface area contributed by atoms with Crippen LogP contribution in [0.15, 0.2) is 24.3 Å². The monoisotopic (exact) mass is 372 g/mol. The Morgan fingerprint density at radius 3 is 2.74 bits per heavy atom. The summed E-state index contributed by atoms with van der Waals surface area (Å²) in [4.78, 5) is 24.4. The molecular formula is C20H28N4O3. The lowest BCUT2D eigenvalue weighted by molar-refractivity contribution is -0.120. The van der Waals surface area contributed by atoms with E-state index >= 15 is 0 Å². The SMILES string of the molecule is CC(C)[C@H](NC(=O)c1nn(CC2CCCC(O)C2)c2ccccc12)C(N)=O. The third-order valence-corrected chi connectivity index (χ3v) is 5.32. The number of hydrogen-bond acceptors (Lipinski definition) is 4. The number of nitrogens with two attached hydrogens (primary N) is 1. The van der Waals surface area contributed by atoms with Crippen LogP contribution in [-0.2, 0) is 11.3 Å². The van der Waals surface area contributed by atoms with Crippen LogP contribution in [0, 0.1) is 11.8 Å². The summed E-state index contributed by atoms with van der Waals surface area (Å²) in [5.74, 6) is -0.727. The van der Waals surface area contributed by atoms with Gasteiger partial charge < -0.3 is 16.2 Å². The molecule has 0 bridgehead atoms. The number of nitrogens with one attached hydrogen (secondary N) is 1. The largest absolute Gasteiger partial charge is 0.393 e. The molecule has 1 aliphatic rings. The number of rotatable bonds is 6. The van der Waals surface area contributed by atoms with E-state index in [-0.39, 0.29) is 12.0 Å². The highest BCUT2D eigenvalue weighted by Gasteiger charge is 2.26. The number of hydrogen-bond donors (Lipinski definition) is 3. The standard InChI is InChI=1S/C20H28N4O3/c1-12(2)17(19(21)26)22-20(27)18-15-8-3-4-9-16(15)24(23-18)11-13-6-5-7-14(25)10-13/h3-4,8-9,12-14,17,25H,5-7,10-11H2,1-2H3,(H2,21,26)(H,22,27)/t13?,14?,17-/m0/s1. The maximum absolute atomic E-state index is 12.8. The zero-order valence-electron chi connectivity index (χ0n) is 15.9. The first kappa shape index (κ1) is 19.4. The van der Waals surface area contributed by atoms with Gasteiger partial charge in [-0.2, -0.15) is 5.10 Å². The van der Waals surface area contributed by atoms with Gasteiger partial charge in [-0.05, 0) is 37.2 Å². The number of fused-ring (bicyclic) bond motifs is 1. The molecule has 1 aromatic heterocycles.